The number of hydrogen-bond acceptors (Lipinski definition) is 6. The summed E-state index contributed by atoms with van der Waals surface area (Å²) in [7, 11) is 0. The van der Waals surface area contributed by atoms with E-state index in [0.29, 0.717) is 22.4 Å². The third-order valence-corrected chi connectivity index (χ3v) is 6.27. The smallest absolute Gasteiger partial charge is 0.254 e. The first-order valence-corrected chi connectivity index (χ1v) is 11.0. The highest BCUT2D eigenvalue weighted by Crippen LogP contribution is 2.44. The van der Waals surface area contributed by atoms with Crippen LogP contribution in [0.15, 0.2) is 36.5 Å². The predicted molar refractivity (Wildman–Crippen MR) is 118 cm³/mol. The molecule has 0 radical (unpaired) electrons. The standard InChI is InChI=1S/C23H22ClN5O3/c1-13-11-14(2)29(27-13)23-25-10-9-20(26-23)32-19-8-7-15(24)12-18(19)28-21(30)16-5-3-4-6-17(16)22(28)31/h7-12,16-17H,3-6H2,1-2H3. The van der Waals surface area contributed by atoms with E-state index in [1.807, 2.05) is 19.9 Å². The SMILES string of the molecule is Cc1cc(C)n(-c2nccc(Oc3ccc(Cl)cc3N3C(=O)C4CCCCC4C3=O)n2)n1. The molecule has 3 aromatic rings. The summed E-state index contributed by atoms with van der Waals surface area (Å²) < 4.78 is 7.67. The Bertz CT molecular complexity index is 1200. The molecule has 164 valence electrons. The van der Waals surface area contributed by atoms with E-state index in [0.717, 1.165) is 37.1 Å². The van der Waals surface area contributed by atoms with Crippen molar-refractivity contribution in [3.63, 3.8) is 0 Å². The molecule has 8 nitrogen and oxygen atoms in total. The number of halogens is 1. The molecule has 2 aliphatic rings. The van der Waals surface area contributed by atoms with Crippen LogP contribution >= 0.6 is 11.6 Å². The fourth-order valence-corrected chi connectivity index (χ4v) is 4.75. The Morgan fingerprint density at radius 1 is 1.03 bits per heavy atom. The van der Waals surface area contributed by atoms with E-state index in [9.17, 15) is 9.59 Å². The van der Waals surface area contributed by atoms with E-state index >= 15 is 0 Å². The lowest BCUT2D eigenvalue weighted by atomic mass is 9.81. The van der Waals surface area contributed by atoms with Crippen LogP contribution in [-0.2, 0) is 9.59 Å². The lowest BCUT2D eigenvalue weighted by molar-refractivity contribution is -0.122. The molecule has 1 aromatic carbocycles. The summed E-state index contributed by atoms with van der Waals surface area (Å²) >= 11 is 6.23. The Kier molecular flexibility index (Phi) is 5.17. The topological polar surface area (TPSA) is 90.2 Å². The Morgan fingerprint density at radius 3 is 2.41 bits per heavy atom. The van der Waals surface area contributed by atoms with Gasteiger partial charge in [-0.25, -0.2) is 14.6 Å². The number of ether oxygens (including phenoxy) is 1. The van der Waals surface area contributed by atoms with Crippen LogP contribution in [-0.4, -0.2) is 31.6 Å². The number of fused-ring (bicyclic) bond motifs is 1. The van der Waals surface area contributed by atoms with Crippen molar-refractivity contribution in [1.29, 1.82) is 0 Å². The van der Waals surface area contributed by atoms with Crippen molar-refractivity contribution >= 4 is 29.1 Å². The highest BCUT2D eigenvalue weighted by Gasteiger charge is 2.49. The fraction of sp³-hybridized carbons (Fsp3) is 0.348. The van der Waals surface area contributed by atoms with E-state index in [1.54, 1.807) is 35.1 Å². The lowest BCUT2D eigenvalue weighted by Crippen LogP contribution is -2.31. The Morgan fingerprint density at radius 2 is 1.75 bits per heavy atom. The molecule has 2 unspecified atom stereocenters. The Labute approximate surface area is 190 Å². The van der Waals surface area contributed by atoms with Gasteiger partial charge in [-0.1, -0.05) is 24.4 Å². The zero-order valence-electron chi connectivity index (χ0n) is 17.8. The van der Waals surface area contributed by atoms with Gasteiger partial charge in [-0.3, -0.25) is 9.59 Å². The number of carbonyl (C=O) groups excluding carboxylic acids is 2. The molecule has 3 heterocycles. The quantitative estimate of drug-likeness (QED) is 0.546. The van der Waals surface area contributed by atoms with E-state index < -0.39 is 0 Å². The molecule has 2 amide bonds. The number of hydrogen-bond donors (Lipinski definition) is 0. The number of carbonyl (C=O) groups is 2. The molecule has 1 saturated carbocycles. The van der Waals surface area contributed by atoms with Crippen molar-refractivity contribution < 1.29 is 14.3 Å². The first-order valence-electron chi connectivity index (χ1n) is 10.6. The van der Waals surface area contributed by atoms with Crippen molar-refractivity contribution in [2.75, 3.05) is 4.90 Å². The summed E-state index contributed by atoms with van der Waals surface area (Å²) in [5.41, 5.74) is 2.08. The minimum atomic E-state index is -0.264. The highest BCUT2D eigenvalue weighted by molar-refractivity contribution is 6.31. The first kappa shape index (κ1) is 20.6. The average Bonchev–Trinajstić information content (AvgIpc) is 3.25. The largest absolute Gasteiger partial charge is 0.437 e. The summed E-state index contributed by atoms with van der Waals surface area (Å²) in [6.45, 7) is 3.81. The maximum Gasteiger partial charge on any atom is 0.254 e. The summed E-state index contributed by atoms with van der Waals surface area (Å²) in [6, 6.07) is 8.43. The van der Waals surface area contributed by atoms with Gasteiger partial charge >= 0.3 is 0 Å². The third-order valence-electron chi connectivity index (χ3n) is 6.03. The molecule has 1 aliphatic carbocycles. The van der Waals surface area contributed by atoms with Crippen LogP contribution in [0.25, 0.3) is 5.95 Å². The molecule has 2 aromatic heterocycles. The molecule has 0 N–H and O–H groups in total. The van der Waals surface area contributed by atoms with E-state index in [1.165, 1.54) is 4.90 Å². The normalized spacial score (nSPS) is 20.5. The van der Waals surface area contributed by atoms with Gasteiger partial charge in [0.15, 0.2) is 5.75 Å². The second-order valence-electron chi connectivity index (χ2n) is 8.26. The second kappa shape index (κ2) is 8.02. The van der Waals surface area contributed by atoms with Gasteiger partial charge in [0.05, 0.1) is 23.2 Å². The van der Waals surface area contributed by atoms with Crippen LogP contribution in [0.5, 0.6) is 11.6 Å². The summed E-state index contributed by atoms with van der Waals surface area (Å²) in [5, 5.41) is 4.81. The van der Waals surface area contributed by atoms with Crippen molar-refractivity contribution in [2.45, 2.75) is 39.5 Å². The maximum atomic E-state index is 13.1. The highest BCUT2D eigenvalue weighted by atomic mass is 35.5. The summed E-state index contributed by atoms with van der Waals surface area (Å²) in [6.07, 6.45) is 4.97. The van der Waals surface area contributed by atoms with Crippen LogP contribution in [0.1, 0.15) is 37.1 Å². The maximum absolute atomic E-state index is 13.1. The molecule has 2 atom stereocenters. The van der Waals surface area contributed by atoms with Gasteiger partial charge in [-0.2, -0.15) is 10.1 Å². The average molecular weight is 452 g/mol. The molecule has 5 rings (SSSR count). The van der Waals surface area contributed by atoms with Crippen LogP contribution in [0.3, 0.4) is 0 Å². The molecule has 32 heavy (non-hydrogen) atoms. The van der Waals surface area contributed by atoms with Crippen LogP contribution in [0.2, 0.25) is 5.02 Å². The van der Waals surface area contributed by atoms with Crippen molar-refractivity contribution in [2.24, 2.45) is 11.8 Å². The molecule has 0 bridgehead atoms. The molecule has 9 heteroatoms. The molecular formula is C23H22ClN5O3. The number of nitrogens with zero attached hydrogens (tertiary/aromatic N) is 5. The van der Waals surface area contributed by atoms with Crippen LogP contribution < -0.4 is 9.64 Å². The lowest BCUT2D eigenvalue weighted by Gasteiger charge is -2.19. The number of amides is 2. The van der Waals surface area contributed by atoms with Gasteiger partial charge in [0.1, 0.15) is 0 Å². The number of benzene rings is 1. The number of aromatic nitrogens is 4. The Balaban J connectivity index is 1.50. The van der Waals surface area contributed by atoms with Crippen LogP contribution in [0, 0.1) is 25.7 Å². The minimum Gasteiger partial charge on any atom is -0.437 e. The summed E-state index contributed by atoms with van der Waals surface area (Å²) in [5.74, 6) is 0.0635. The van der Waals surface area contributed by atoms with E-state index in [2.05, 4.69) is 15.1 Å². The molecule has 2 fully saturated rings. The molecule has 1 aliphatic heterocycles. The van der Waals surface area contributed by atoms with Gasteiger partial charge < -0.3 is 4.74 Å². The van der Waals surface area contributed by atoms with Crippen LogP contribution in [0.4, 0.5) is 5.69 Å². The first-order chi connectivity index (χ1) is 15.4. The monoisotopic (exact) mass is 451 g/mol. The van der Waals surface area contributed by atoms with Gasteiger partial charge in [0.2, 0.25) is 17.7 Å². The number of imide groups is 1. The fourth-order valence-electron chi connectivity index (χ4n) is 4.59. The van der Waals surface area contributed by atoms with Gasteiger partial charge in [-0.05, 0) is 51.0 Å². The second-order valence-corrected chi connectivity index (χ2v) is 8.69. The Hall–Kier alpha value is -3.26. The van der Waals surface area contributed by atoms with E-state index in [-0.39, 0.29) is 29.5 Å². The number of anilines is 1. The third kappa shape index (κ3) is 3.54. The minimum absolute atomic E-state index is 0.183. The van der Waals surface area contributed by atoms with Gasteiger partial charge in [0.25, 0.3) is 5.95 Å². The molecular weight excluding hydrogens is 430 g/mol. The van der Waals surface area contributed by atoms with Crippen molar-refractivity contribution in [1.82, 2.24) is 19.7 Å². The zero-order valence-corrected chi connectivity index (χ0v) is 18.5. The van der Waals surface area contributed by atoms with Gasteiger partial charge in [0, 0.05) is 23.0 Å². The van der Waals surface area contributed by atoms with Gasteiger partial charge in [-0.15, -0.1) is 0 Å². The van der Waals surface area contributed by atoms with Crippen molar-refractivity contribution in [3.8, 4) is 17.6 Å². The molecule has 1 saturated heterocycles. The number of aryl methyl sites for hydroxylation is 2. The number of rotatable bonds is 4. The predicted octanol–water partition coefficient (Wildman–Crippen LogP) is 4.40. The van der Waals surface area contributed by atoms with E-state index in [4.69, 9.17) is 16.3 Å². The zero-order chi connectivity index (χ0) is 22.4. The summed E-state index contributed by atoms with van der Waals surface area (Å²) in [4.78, 5) is 36.2. The molecule has 0 spiro atoms. The van der Waals surface area contributed by atoms with Crippen molar-refractivity contribution in [3.05, 3.63) is 52.9 Å².